The number of fused-ring (bicyclic) bond motifs is 5. The number of aromatic nitrogens is 2. The predicted molar refractivity (Wildman–Crippen MR) is 120 cm³/mol. The van der Waals surface area contributed by atoms with Gasteiger partial charge in [-0.2, -0.15) is 5.10 Å². The smallest absolute Gasteiger partial charge is 0.0809 e. The van der Waals surface area contributed by atoms with E-state index in [0.29, 0.717) is 17.8 Å². The highest BCUT2D eigenvalue weighted by molar-refractivity contribution is 5.59. The topological polar surface area (TPSA) is 58.3 Å². The number of allylic oxidation sites excluding steroid dienone is 1. The molecular formula is C26H38N2O2. The Morgan fingerprint density at radius 2 is 1.87 bits per heavy atom. The van der Waals surface area contributed by atoms with Crippen LogP contribution in [0.25, 0.3) is 6.08 Å². The maximum Gasteiger partial charge on any atom is 0.0809 e. The van der Waals surface area contributed by atoms with E-state index in [4.69, 9.17) is 0 Å². The van der Waals surface area contributed by atoms with Gasteiger partial charge in [-0.3, -0.25) is 4.68 Å². The van der Waals surface area contributed by atoms with E-state index >= 15 is 0 Å². The molecule has 30 heavy (non-hydrogen) atoms. The van der Waals surface area contributed by atoms with E-state index in [1.54, 1.807) is 0 Å². The van der Waals surface area contributed by atoms with Gasteiger partial charge in [0.05, 0.1) is 17.9 Å². The summed E-state index contributed by atoms with van der Waals surface area (Å²) in [5, 5.41) is 26.3. The van der Waals surface area contributed by atoms with Crippen LogP contribution >= 0.6 is 0 Å². The van der Waals surface area contributed by atoms with Gasteiger partial charge in [0, 0.05) is 23.7 Å². The van der Waals surface area contributed by atoms with Gasteiger partial charge in [-0.15, -0.1) is 0 Å². The predicted octanol–water partition coefficient (Wildman–Crippen LogP) is 4.71. The average Bonchev–Trinajstić information content (AvgIpc) is 3.10. The monoisotopic (exact) mass is 410 g/mol. The Kier molecular flexibility index (Phi) is 4.65. The molecule has 2 N–H and O–H groups in total. The van der Waals surface area contributed by atoms with Crippen molar-refractivity contribution in [3.63, 3.8) is 0 Å². The van der Waals surface area contributed by atoms with Crippen molar-refractivity contribution in [2.45, 2.75) is 84.8 Å². The maximum absolute atomic E-state index is 11.5. The minimum atomic E-state index is -0.353. The molecule has 1 heterocycles. The van der Waals surface area contributed by atoms with Crippen LogP contribution in [0.2, 0.25) is 0 Å². The first-order valence-electron chi connectivity index (χ1n) is 11.9. The molecule has 0 aliphatic heterocycles. The lowest BCUT2D eigenvalue weighted by Gasteiger charge is -2.57. The normalized spacial score (nSPS) is 44.4. The van der Waals surface area contributed by atoms with Crippen LogP contribution in [0.3, 0.4) is 0 Å². The van der Waals surface area contributed by atoms with Gasteiger partial charge in [-0.25, -0.2) is 0 Å². The molecule has 0 bridgehead atoms. The van der Waals surface area contributed by atoms with Crippen LogP contribution in [0.1, 0.15) is 75.7 Å². The molecule has 0 saturated heterocycles. The second-order valence-electron chi connectivity index (χ2n) is 11.2. The maximum atomic E-state index is 11.5. The van der Waals surface area contributed by atoms with Crippen molar-refractivity contribution >= 4 is 6.08 Å². The third-order valence-electron chi connectivity index (χ3n) is 9.84. The van der Waals surface area contributed by atoms with E-state index in [1.807, 2.05) is 11.7 Å². The fourth-order valence-corrected chi connectivity index (χ4v) is 7.82. The van der Waals surface area contributed by atoms with Crippen molar-refractivity contribution < 1.29 is 10.2 Å². The molecule has 0 spiro atoms. The number of nitrogens with zero attached hydrogens (tertiary/aromatic N) is 2. The molecule has 0 amide bonds. The SMILES string of the molecule is Cc1nn(C)c(C)c1/C=C1\C[C@@H]2[C@H]3CC=C4C[C@@H](O)CC[C@]4(C)[C@@H]3CC[C@]2(C)[C@H]1O. The first-order valence-corrected chi connectivity index (χ1v) is 11.9. The number of hydrogen-bond acceptors (Lipinski definition) is 3. The minimum absolute atomic E-state index is 0.0209. The standard InChI is InChI=1S/C26H38N2O2/c1-15-21(16(2)28(5)27-15)12-17-13-23-20-7-6-18-14-19(29)8-10-25(18,3)22(20)9-11-26(23,4)24(17)30/h6,12,19-20,22-24,29-30H,7-11,13-14H2,1-5H3/b17-12+/t19-,20-,22+,23+,24-,25-,26-/m0/s1. The van der Waals surface area contributed by atoms with E-state index in [1.165, 1.54) is 28.8 Å². The third kappa shape index (κ3) is 2.75. The first-order chi connectivity index (χ1) is 14.1. The summed E-state index contributed by atoms with van der Waals surface area (Å²) in [5.41, 5.74) is 6.35. The zero-order valence-corrected chi connectivity index (χ0v) is 19.3. The molecule has 4 aliphatic rings. The lowest BCUT2D eigenvalue weighted by molar-refractivity contribution is -0.0685. The van der Waals surface area contributed by atoms with Gasteiger partial charge in [0.15, 0.2) is 0 Å². The lowest BCUT2D eigenvalue weighted by atomic mass is 9.48. The Morgan fingerprint density at radius 3 is 2.57 bits per heavy atom. The summed E-state index contributed by atoms with van der Waals surface area (Å²) in [4.78, 5) is 0. The van der Waals surface area contributed by atoms with E-state index in [9.17, 15) is 10.2 Å². The summed E-state index contributed by atoms with van der Waals surface area (Å²) in [6.07, 6.45) is 11.6. The molecule has 4 heteroatoms. The highest BCUT2D eigenvalue weighted by Gasteiger charge is 2.59. The Morgan fingerprint density at radius 1 is 1.10 bits per heavy atom. The lowest BCUT2D eigenvalue weighted by Crippen LogP contribution is -2.51. The minimum Gasteiger partial charge on any atom is -0.393 e. The molecular weight excluding hydrogens is 372 g/mol. The van der Waals surface area contributed by atoms with Crippen molar-refractivity contribution in [2.24, 2.45) is 35.6 Å². The van der Waals surface area contributed by atoms with Crippen molar-refractivity contribution in [3.8, 4) is 0 Å². The van der Waals surface area contributed by atoms with Crippen molar-refractivity contribution in [2.75, 3.05) is 0 Å². The summed E-state index contributed by atoms with van der Waals surface area (Å²) in [7, 11) is 1.99. The molecule has 3 fully saturated rings. The van der Waals surface area contributed by atoms with Gasteiger partial charge in [0.2, 0.25) is 0 Å². The third-order valence-corrected chi connectivity index (χ3v) is 9.84. The van der Waals surface area contributed by atoms with Crippen LogP contribution in [0, 0.1) is 42.4 Å². The summed E-state index contributed by atoms with van der Waals surface area (Å²) in [6, 6.07) is 0. The second-order valence-corrected chi connectivity index (χ2v) is 11.2. The Labute approximate surface area is 181 Å². The summed E-state index contributed by atoms with van der Waals surface area (Å²) in [5.74, 6) is 1.87. The molecule has 1 aromatic heterocycles. The van der Waals surface area contributed by atoms with E-state index in [-0.39, 0.29) is 23.0 Å². The highest BCUT2D eigenvalue weighted by Crippen LogP contribution is 2.65. The zero-order chi connectivity index (χ0) is 21.4. The van der Waals surface area contributed by atoms with Crippen molar-refractivity contribution in [1.82, 2.24) is 9.78 Å². The van der Waals surface area contributed by atoms with Gasteiger partial charge in [0.25, 0.3) is 0 Å². The number of hydrogen-bond donors (Lipinski definition) is 2. The molecule has 4 aliphatic carbocycles. The van der Waals surface area contributed by atoms with E-state index in [0.717, 1.165) is 44.2 Å². The fourth-order valence-electron chi connectivity index (χ4n) is 7.82. The Balaban J connectivity index is 1.49. The zero-order valence-electron chi connectivity index (χ0n) is 19.3. The fraction of sp³-hybridized carbons (Fsp3) is 0.731. The average molecular weight is 411 g/mol. The Hall–Kier alpha value is -1.39. The summed E-state index contributed by atoms with van der Waals surface area (Å²) in [6.45, 7) is 8.99. The molecule has 164 valence electrons. The van der Waals surface area contributed by atoms with Crippen LogP contribution in [-0.2, 0) is 7.05 Å². The molecule has 1 aromatic rings. The molecule has 4 nitrogen and oxygen atoms in total. The van der Waals surface area contributed by atoms with Crippen molar-refractivity contribution in [1.29, 1.82) is 0 Å². The first kappa shape index (κ1) is 20.5. The summed E-state index contributed by atoms with van der Waals surface area (Å²) < 4.78 is 1.94. The second kappa shape index (κ2) is 6.80. The number of rotatable bonds is 1. The van der Waals surface area contributed by atoms with E-state index < -0.39 is 0 Å². The quantitative estimate of drug-likeness (QED) is 0.659. The largest absolute Gasteiger partial charge is 0.393 e. The van der Waals surface area contributed by atoms with Crippen LogP contribution in [0.15, 0.2) is 17.2 Å². The Bertz CT molecular complexity index is 928. The molecule has 5 rings (SSSR count). The number of aliphatic hydroxyl groups is 2. The van der Waals surface area contributed by atoms with Gasteiger partial charge in [-0.1, -0.05) is 25.5 Å². The van der Waals surface area contributed by atoms with Gasteiger partial charge >= 0.3 is 0 Å². The molecule has 0 unspecified atom stereocenters. The molecule has 0 aromatic carbocycles. The van der Waals surface area contributed by atoms with Gasteiger partial charge in [0.1, 0.15) is 0 Å². The van der Waals surface area contributed by atoms with Crippen LogP contribution < -0.4 is 0 Å². The highest BCUT2D eigenvalue weighted by atomic mass is 16.3. The summed E-state index contributed by atoms with van der Waals surface area (Å²) >= 11 is 0. The van der Waals surface area contributed by atoms with Gasteiger partial charge < -0.3 is 10.2 Å². The van der Waals surface area contributed by atoms with Gasteiger partial charge in [-0.05, 0) is 93.6 Å². The molecule has 3 saturated carbocycles. The molecule has 0 radical (unpaired) electrons. The van der Waals surface area contributed by atoms with Crippen LogP contribution in [0.5, 0.6) is 0 Å². The van der Waals surface area contributed by atoms with Crippen molar-refractivity contribution in [3.05, 3.63) is 34.2 Å². The van der Waals surface area contributed by atoms with Crippen LogP contribution in [-0.4, -0.2) is 32.2 Å². The van der Waals surface area contributed by atoms with E-state index in [2.05, 4.69) is 44.9 Å². The number of aryl methyl sites for hydroxylation is 2. The molecule has 7 atom stereocenters. The van der Waals surface area contributed by atoms with Crippen LogP contribution in [0.4, 0.5) is 0 Å². The number of aliphatic hydroxyl groups excluding tert-OH is 2.